The number of hydrogen-bond donors (Lipinski definition) is 5. The van der Waals surface area contributed by atoms with Gasteiger partial charge in [-0.25, -0.2) is 22.3 Å². The van der Waals surface area contributed by atoms with Crippen LogP contribution < -0.4 is 11.1 Å². The summed E-state index contributed by atoms with van der Waals surface area (Å²) in [6.45, 7) is 5.66. The van der Waals surface area contributed by atoms with Gasteiger partial charge in [0, 0.05) is 19.6 Å². The van der Waals surface area contributed by atoms with Gasteiger partial charge in [0.05, 0.1) is 11.5 Å². The number of carboxylic acid groups (broad SMARTS) is 1. The first-order valence-corrected chi connectivity index (χ1v) is 12.2. The van der Waals surface area contributed by atoms with Gasteiger partial charge in [-0.1, -0.05) is 26.0 Å². The summed E-state index contributed by atoms with van der Waals surface area (Å²) in [5.74, 6) is -1.63. The Kier molecular flexibility index (Phi) is 11.1. The Balaban J connectivity index is 2.85. The molecule has 0 unspecified atom stereocenters. The molecule has 11 nitrogen and oxygen atoms in total. The van der Waals surface area contributed by atoms with Crippen molar-refractivity contribution in [1.82, 2.24) is 14.5 Å². The number of amides is 2. The van der Waals surface area contributed by atoms with Crippen molar-refractivity contribution in [3.05, 3.63) is 29.8 Å². The number of urea groups is 1. The van der Waals surface area contributed by atoms with E-state index in [1.165, 1.54) is 17.0 Å². The highest BCUT2D eigenvalue weighted by atomic mass is 32.2. The van der Waals surface area contributed by atoms with E-state index in [1.807, 2.05) is 13.8 Å². The van der Waals surface area contributed by atoms with E-state index >= 15 is 0 Å². The first kappa shape index (κ1) is 28.2. The van der Waals surface area contributed by atoms with Gasteiger partial charge >= 0.3 is 12.0 Å². The van der Waals surface area contributed by atoms with Gasteiger partial charge in [-0.15, -0.1) is 0 Å². The number of aliphatic carboxylic acids is 1. The molecule has 186 valence electrons. The fourth-order valence-corrected chi connectivity index (χ4v) is 4.53. The maximum Gasteiger partial charge on any atom is 0.326 e. The smallest absolute Gasteiger partial charge is 0.326 e. The van der Waals surface area contributed by atoms with Crippen molar-refractivity contribution in [2.75, 3.05) is 26.2 Å². The van der Waals surface area contributed by atoms with Crippen LogP contribution in [0.25, 0.3) is 0 Å². The van der Waals surface area contributed by atoms with Gasteiger partial charge in [-0.05, 0) is 49.8 Å². The van der Waals surface area contributed by atoms with E-state index in [9.17, 15) is 28.2 Å². The van der Waals surface area contributed by atoms with Crippen LogP contribution in [0.2, 0.25) is 0 Å². The van der Waals surface area contributed by atoms with E-state index in [2.05, 4.69) is 5.32 Å². The number of carbonyl (C=O) groups is 2. The first-order chi connectivity index (χ1) is 15.4. The van der Waals surface area contributed by atoms with Crippen LogP contribution >= 0.6 is 0 Å². The summed E-state index contributed by atoms with van der Waals surface area (Å²) in [6.07, 6.45) is 0.648. The molecule has 0 spiro atoms. The van der Waals surface area contributed by atoms with Gasteiger partial charge in [0.25, 0.3) is 10.0 Å². The number of carboxylic acids is 1. The number of nitrogens with one attached hydrogen (secondary N) is 2. The maximum atomic E-state index is 12.9. The number of carbonyl (C=O) groups excluding carboxylic acids is 1. The number of sulfonamides is 1. The number of hydrogen-bond acceptors (Lipinski definition) is 6. The first-order valence-electron chi connectivity index (χ1n) is 10.7. The molecule has 0 aliphatic heterocycles. The molecule has 0 saturated carbocycles. The van der Waals surface area contributed by atoms with Crippen molar-refractivity contribution in [3.8, 4) is 0 Å². The van der Waals surface area contributed by atoms with E-state index in [0.29, 0.717) is 23.2 Å². The Hall–Kier alpha value is -2.86. The second-order valence-electron chi connectivity index (χ2n) is 8.15. The Labute approximate surface area is 195 Å². The van der Waals surface area contributed by atoms with Gasteiger partial charge in [0.2, 0.25) is 5.96 Å². The second-order valence-corrected chi connectivity index (χ2v) is 10.0. The molecule has 0 heterocycles. The van der Waals surface area contributed by atoms with Gasteiger partial charge in [-0.2, -0.15) is 0 Å². The number of benzene rings is 1. The molecule has 0 radical (unpaired) electrons. The van der Waals surface area contributed by atoms with E-state index in [1.54, 1.807) is 19.1 Å². The van der Waals surface area contributed by atoms with Crippen LogP contribution in [0.1, 0.15) is 38.7 Å². The number of nitrogens with two attached hydrogens (primary N) is 1. The lowest BCUT2D eigenvalue weighted by atomic mass is 10.1. The van der Waals surface area contributed by atoms with E-state index in [0.717, 1.165) is 5.56 Å². The van der Waals surface area contributed by atoms with Crippen molar-refractivity contribution in [1.29, 1.82) is 5.41 Å². The minimum absolute atomic E-state index is 0.0226. The minimum Gasteiger partial charge on any atom is -0.480 e. The molecular weight excluding hydrogens is 450 g/mol. The van der Waals surface area contributed by atoms with Crippen molar-refractivity contribution >= 4 is 28.0 Å². The molecule has 1 aromatic rings. The third-order valence-electron chi connectivity index (χ3n) is 4.93. The fourth-order valence-electron chi connectivity index (χ4n) is 3.06. The lowest BCUT2D eigenvalue weighted by Crippen LogP contribution is -2.49. The molecule has 2 amide bonds. The summed E-state index contributed by atoms with van der Waals surface area (Å²) in [5, 5.41) is 28.8. The Morgan fingerprint density at radius 3 is 2.36 bits per heavy atom. The largest absolute Gasteiger partial charge is 0.480 e. The fraction of sp³-hybridized carbons (Fsp3) is 0.571. The molecule has 1 atom stereocenters. The summed E-state index contributed by atoms with van der Waals surface area (Å²) in [4.78, 5) is 25.5. The third kappa shape index (κ3) is 8.89. The molecule has 12 heteroatoms. The molecule has 1 rings (SSSR count). The highest BCUT2D eigenvalue weighted by Crippen LogP contribution is 2.17. The van der Waals surface area contributed by atoms with Gasteiger partial charge in [-0.3, -0.25) is 5.41 Å². The average Bonchev–Trinajstić information content (AvgIpc) is 2.72. The SMILES string of the molecule is Cc1cccc(S(=O)(=O)N(CCC[C@H](NC(=O)N(CCO)CCC(C)C)C(=O)O)C(=N)N)c1. The molecule has 0 aromatic heterocycles. The van der Waals surface area contributed by atoms with Crippen molar-refractivity contribution < 1.29 is 28.2 Å². The summed E-state index contributed by atoms with van der Waals surface area (Å²) >= 11 is 0. The molecule has 0 aliphatic carbocycles. The van der Waals surface area contributed by atoms with E-state index in [4.69, 9.17) is 11.1 Å². The lowest BCUT2D eigenvalue weighted by molar-refractivity contribution is -0.139. The van der Waals surface area contributed by atoms with Gasteiger partial charge in [0.15, 0.2) is 0 Å². The monoisotopic (exact) mass is 485 g/mol. The van der Waals surface area contributed by atoms with E-state index < -0.39 is 34.0 Å². The van der Waals surface area contributed by atoms with Crippen molar-refractivity contribution in [3.63, 3.8) is 0 Å². The van der Waals surface area contributed by atoms with Crippen LogP contribution in [-0.2, 0) is 14.8 Å². The normalized spacial score (nSPS) is 12.3. The minimum atomic E-state index is -4.09. The number of guanidine groups is 1. The molecule has 0 saturated heterocycles. The molecule has 0 aliphatic rings. The summed E-state index contributed by atoms with van der Waals surface area (Å²) in [6, 6.07) is 4.28. The zero-order chi connectivity index (χ0) is 25.2. The number of aliphatic hydroxyl groups excluding tert-OH is 1. The van der Waals surface area contributed by atoms with Gasteiger partial charge < -0.3 is 26.2 Å². The summed E-state index contributed by atoms with van der Waals surface area (Å²) in [7, 11) is -4.09. The number of aryl methyl sites for hydroxylation is 1. The highest BCUT2D eigenvalue weighted by molar-refractivity contribution is 7.89. The molecule has 1 aromatic carbocycles. The topological polar surface area (TPSA) is 177 Å². The Morgan fingerprint density at radius 1 is 1.18 bits per heavy atom. The van der Waals surface area contributed by atoms with Gasteiger partial charge in [0.1, 0.15) is 6.04 Å². The number of aliphatic hydroxyl groups is 1. The summed E-state index contributed by atoms with van der Waals surface area (Å²) in [5.41, 5.74) is 6.22. The quantitative estimate of drug-likeness (QED) is 0.205. The lowest BCUT2D eigenvalue weighted by Gasteiger charge is -2.26. The summed E-state index contributed by atoms with van der Waals surface area (Å²) < 4.78 is 26.5. The molecular formula is C21H35N5O6S. The van der Waals surface area contributed by atoms with Crippen LogP contribution in [0.4, 0.5) is 4.79 Å². The zero-order valence-electron chi connectivity index (χ0n) is 19.3. The standard InChI is InChI=1S/C21H35N5O6S/c1-15(2)9-11-25(12-13-27)21(30)24-18(19(28)29)8-5-10-26(20(22)23)33(31,32)17-7-4-6-16(3)14-17/h4,6-7,14-15,18,27H,5,8-13H2,1-3H3,(H3,22,23)(H,24,30)(H,28,29)/t18-/m0/s1. The molecule has 0 fully saturated rings. The maximum absolute atomic E-state index is 12.9. The van der Waals surface area contributed by atoms with Crippen LogP contribution in [0, 0.1) is 18.3 Å². The molecule has 33 heavy (non-hydrogen) atoms. The second kappa shape index (κ2) is 13.0. The molecule has 0 bridgehead atoms. The predicted octanol–water partition coefficient (Wildman–Crippen LogP) is 1.16. The Morgan fingerprint density at radius 2 is 1.85 bits per heavy atom. The molecule has 6 N–H and O–H groups in total. The van der Waals surface area contributed by atoms with Crippen molar-refractivity contribution in [2.24, 2.45) is 11.7 Å². The highest BCUT2D eigenvalue weighted by Gasteiger charge is 2.28. The average molecular weight is 486 g/mol. The number of nitrogens with zero attached hydrogens (tertiary/aromatic N) is 2. The van der Waals surface area contributed by atoms with Crippen molar-refractivity contribution in [2.45, 2.75) is 51.0 Å². The Bertz CT molecular complexity index is 921. The zero-order valence-corrected chi connectivity index (χ0v) is 20.1. The predicted molar refractivity (Wildman–Crippen MR) is 124 cm³/mol. The van der Waals surface area contributed by atoms with Crippen LogP contribution in [0.15, 0.2) is 29.2 Å². The number of rotatable bonds is 13. The third-order valence-corrected chi connectivity index (χ3v) is 6.74. The van der Waals surface area contributed by atoms with E-state index in [-0.39, 0.29) is 37.4 Å². The van der Waals surface area contributed by atoms with Crippen LogP contribution in [-0.4, -0.2) is 78.1 Å². The van der Waals surface area contributed by atoms with Crippen LogP contribution in [0.3, 0.4) is 0 Å². The van der Waals surface area contributed by atoms with Crippen LogP contribution in [0.5, 0.6) is 0 Å².